The standard InChI is InChI=1S/C22H27N5O/c1-28-17-9-7-15(8-10-17)14-26-12-11-18(16-5-3-2-4-6-16)19-13-20(23)27-22(25)21(19)24/h2-10,13,18,26H,11-12,14,24H2,1H3,(H4,23,25,27). The average Bonchev–Trinajstić information content (AvgIpc) is 2.72. The van der Waals surface area contributed by atoms with Gasteiger partial charge in [0.2, 0.25) is 0 Å². The van der Waals surface area contributed by atoms with Crippen LogP contribution < -0.4 is 27.3 Å². The van der Waals surface area contributed by atoms with Crippen molar-refractivity contribution >= 4 is 17.3 Å². The minimum atomic E-state index is 0.0807. The molecule has 7 N–H and O–H groups in total. The Labute approximate surface area is 165 Å². The number of methoxy groups -OCH3 is 1. The number of anilines is 3. The number of benzene rings is 2. The van der Waals surface area contributed by atoms with E-state index in [1.165, 1.54) is 11.1 Å². The molecule has 2 aromatic carbocycles. The predicted octanol–water partition coefficient (Wildman–Crippen LogP) is 3.15. The van der Waals surface area contributed by atoms with Crippen molar-refractivity contribution in [2.45, 2.75) is 18.9 Å². The van der Waals surface area contributed by atoms with Crippen LogP contribution >= 0.6 is 0 Å². The predicted molar refractivity (Wildman–Crippen MR) is 115 cm³/mol. The van der Waals surface area contributed by atoms with Gasteiger partial charge in [0.25, 0.3) is 0 Å². The lowest BCUT2D eigenvalue weighted by molar-refractivity contribution is 0.414. The van der Waals surface area contributed by atoms with Crippen molar-refractivity contribution in [1.29, 1.82) is 0 Å². The van der Waals surface area contributed by atoms with Crippen LogP contribution in [0.4, 0.5) is 17.3 Å². The van der Waals surface area contributed by atoms with E-state index in [0.717, 1.165) is 30.8 Å². The zero-order valence-corrected chi connectivity index (χ0v) is 16.1. The summed E-state index contributed by atoms with van der Waals surface area (Å²) in [7, 11) is 1.67. The molecule has 0 amide bonds. The fourth-order valence-electron chi connectivity index (χ4n) is 3.31. The summed E-state index contributed by atoms with van der Waals surface area (Å²) in [6.07, 6.45) is 0.854. The number of pyridine rings is 1. The summed E-state index contributed by atoms with van der Waals surface area (Å²) in [5.41, 5.74) is 21.9. The van der Waals surface area contributed by atoms with Crippen molar-refractivity contribution in [2.75, 3.05) is 30.9 Å². The number of aromatic nitrogens is 1. The first-order valence-electron chi connectivity index (χ1n) is 9.28. The van der Waals surface area contributed by atoms with Gasteiger partial charge in [0.1, 0.15) is 17.4 Å². The van der Waals surface area contributed by atoms with E-state index in [1.807, 2.05) is 36.4 Å². The van der Waals surface area contributed by atoms with Crippen molar-refractivity contribution in [3.05, 3.63) is 77.4 Å². The third kappa shape index (κ3) is 4.72. The molecular weight excluding hydrogens is 350 g/mol. The largest absolute Gasteiger partial charge is 0.497 e. The number of ether oxygens (including phenoxy) is 1. The van der Waals surface area contributed by atoms with Gasteiger partial charge in [0, 0.05) is 12.5 Å². The van der Waals surface area contributed by atoms with Crippen molar-refractivity contribution in [3.8, 4) is 5.75 Å². The van der Waals surface area contributed by atoms with E-state index in [2.05, 4.69) is 34.6 Å². The number of nitrogens with zero attached hydrogens (tertiary/aromatic N) is 1. The van der Waals surface area contributed by atoms with Crippen LogP contribution in [0, 0.1) is 0 Å². The van der Waals surface area contributed by atoms with E-state index in [4.69, 9.17) is 21.9 Å². The average molecular weight is 377 g/mol. The molecule has 0 aliphatic heterocycles. The maximum atomic E-state index is 6.24. The Kier molecular flexibility index (Phi) is 6.34. The molecule has 0 saturated carbocycles. The van der Waals surface area contributed by atoms with Crippen LogP contribution in [-0.4, -0.2) is 18.6 Å². The quantitative estimate of drug-likeness (QED) is 0.449. The summed E-state index contributed by atoms with van der Waals surface area (Å²) in [5.74, 6) is 1.60. The number of rotatable bonds is 8. The first-order chi connectivity index (χ1) is 13.6. The van der Waals surface area contributed by atoms with Gasteiger partial charge < -0.3 is 27.3 Å². The number of nitrogens with two attached hydrogens (primary N) is 3. The topological polar surface area (TPSA) is 112 Å². The van der Waals surface area contributed by atoms with Gasteiger partial charge in [-0.05, 0) is 47.9 Å². The second kappa shape index (κ2) is 9.10. The molecule has 3 rings (SSSR count). The minimum Gasteiger partial charge on any atom is -0.497 e. The van der Waals surface area contributed by atoms with Gasteiger partial charge in [-0.25, -0.2) is 4.98 Å². The molecule has 28 heavy (non-hydrogen) atoms. The smallest absolute Gasteiger partial charge is 0.149 e. The van der Waals surface area contributed by atoms with Crippen LogP contribution in [0.15, 0.2) is 60.7 Å². The number of hydrogen-bond acceptors (Lipinski definition) is 6. The molecule has 0 aliphatic rings. The normalized spacial score (nSPS) is 11.9. The molecule has 1 heterocycles. The molecule has 0 radical (unpaired) electrons. The van der Waals surface area contributed by atoms with E-state index in [-0.39, 0.29) is 11.7 Å². The van der Waals surface area contributed by atoms with Gasteiger partial charge >= 0.3 is 0 Å². The molecule has 0 aliphatic carbocycles. The van der Waals surface area contributed by atoms with Gasteiger partial charge in [-0.2, -0.15) is 0 Å². The van der Waals surface area contributed by atoms with Crippen LogP contribution in [-0.2, 0) is 6.54 Å². The lowest BCUT2D eigenvalue weighted by atomic mass is 9.87. The van der Waals surface area contributed by atoms with Crippen LogP contribution in [0.2, 0.25) is 0 Å². The molecular formula is C22H27N5O. The summed E-state index contributed by atoms with van der Waals surface area (Å²) in [6.45, 7) is 1.59. The molecule has 6 nitrogen and oxygen atoms in total. The van der Waals surface area contributed by atoms with Crippen LogP contribution in [0.3, 0.4) is 0 Å². The Morgan fingerprint density at radius 3 is 2.39 bits per heavy atom. The van der Waals surface area contributed by atoms with E-state index in [9.17, 15) is 0 Å². The fourth-order valence-corrected chi connectivity index (χ4v) is 3.31. The molecule has 0 bridgehead atoms. The Morgan fingerprint density at radius 1 is 1.00 bits per heavy atom. The van der Waals surface area contributed by atoms with E-state index >= 15 is 0 Å². The van der Waals surface area contributed by atoms with E-state index in [0.29, 0.717) is 11.5 Å². The van der Waals surface area contributed by atoms with Gasteiger partial charge in [0.05, 0.1) is 12.8 Å². The third-order valence-electron chi connectivity index (χ3n) is 4.82. The summed E-state index contributed by atoms with van der Waals surface area (Å²) in [6, 6.07) is 20.1. The van der Waals surface area contributed by atoms with Gasteiger partial charge in [-0.1, -0.05) is 42.5 Å². The summed E-state index contributed by atoms with van der Waals surface area (Å²) in [5, 5.41) is 3.50. The molecule has 0 saturated heterocycles. The molecule has 3 aromatic rings. The lowest BCUT2D eigenvalue weighted by Gasteiger charge is -2.21. The lowest BCUT2D eigenvalue weighted by Crippen LogP contribution is -2.19. The highest BCUT2D eigenvalue weighted by Gasteiger charge is 2.19. The highest BCUT2D eigenvalue weighted by atomic mass is 16.5. The van der Waals surface area contributed by atoms with E-state index < -0.39 is 0 Å². The Bertz CT molecular complexity index is 897. The monoisotopic (exact) mass is 377 g/mol. The molecule has 0 fully saturated rings. The summed E-state index contributed by atoms with van der Waals surface area (Å²) in [4.78, 5) is 4.06. The Hall–Kier alpha value is -3.25. The van der Waals surface area contributed by atoms with Gasteiger partial charge in [-0.3, -0.25) is 0 Å². The Balaban J connectivity index is 1.72. The van der Waals surface area contributed by atoms with Gasteiger partial charge in [0.15, 0.2) is 0 Å². The number of hydrogen-bond donors (Lipinski definition) is 4. The van der Waals surface area contributed by atoms with E-state index in [1.54, 1.807) is 7.11 Å². The number of nitrogens with one attached hydrogen (secondary N) is 1. The van der Waals surface area contributed by atoms with Crippen LogP contribution in [0.5, 0.6) is 5.75 Å². The SMILES string of the molecule is COc1ccc(CNCCC(c2ccccc2)c2cc(N)nc(N)c2N)cc1. The highest BCUT2D eigenvalue weighted by Crippen LogP contribution is 2.34. The molecule has 146 valence electrons. The molecule has 0 spiro atoms. The zero-order chi connectivity index (χ0) is 19.9. The zero-order valence-electron chi connectivity index (χ0n) is 16.1. The minimum absolute atomic E-state index is 0.0807. The second-order valence-electron chi connectivity index (χ2n) is 6.71. The summed E-state index contributed by atoms with van der Waals surface area (Å²) < 4.78 is 5.20. The second-order valence-corrected chi connectivity index (χ2v) is 6.71. The molecule has 6 heteroatoms. The number of nitrogen functional groups attached to an aromatic ring is 3. The van der Waals surface area contributed by atoms with Crippen molar-refractivity contribution in [2.24, 2.45) is 0 Å². The summed E-state index contributed by atoms with van der Waals surface area (Å²) >= 11 is 0. The molecule has 1 aromatic heterocycles. The highest BCUT2D eigenvalue weighted by molar-refractivity contribution is 5.68. The first-order valence-corrected chi connectivity index (χ1v) is 9.28. The fraction of sp³-hybridized carbons (Fsp3) is 0.227. The molecule has 1 atom stereocenters. The maximum Gasteiger partial charge on any atom is 0.149 e. The van der Waals surface area contributed by atoms with Crippen LogP contribution in [0.1, 0.15) is 29.0 Å². The van der Waals surface area contributed by atoms with Crippen molar-refractivity contribution < 1.29 is 4.74 Å². The maximum absolute atomic E-state index is 6.24. The first kappa shape index (κ1) is 19.5. The Morgan fingerprint density at radius 2 is 1.71 bits per heavy atom. The molecule has 1 unspecified atom stereocenters. The van der Waals surface area contributed by atoms with Crippen molar-refractivity contribution in [3.63, 3.8) is 0 Å². The van der Waals surface area contributed by atoms with Crippen LogP contribution in [0.25, 0.3) is 0 Å². The van der Waals surface area contributed by atoms with Crippen molar-refractivity contribution in [1.82, 2.24) is 10.3 Å². The van der Waals surface area contributed by atoms with Gasteiger partial charge in [-0.15, -0.1) is 0 Å². The third-order valence-corrected chi connectivity index (χ3v) is 4.82.